The summed E-state index contributed by atoms with van der Waals surface area (Å²) in [6, 6.07) is 5.15. The zero-order valence-electron chi connectivity index (χ0n) is 9.85. The van der Waals surface area contributed by atoms with Crippen molar-refractivity contribution in [1.29, 1.82) is 0 Å². The second-order valence-corrected chi connectivity index (χ2v) is 4.50. The standard InChI is InChI=1S/C13H13BrO4/c1-9(14)8-18-12-7-11(17-2)5-3-10(12)4-6-13(15)16/h3-7H,1,8H2,2H3,(H,15,16). The Labute approximate surface area is 114 Å². The first-order valence-electron chi connectivity index (χ1n) is 5.08. The lowest BCUT2D eigenvalue weighted by Gasteiger charge is -2.10. The summed E-state index contributed by atoms with van der Waals surface area (Å²) in [6.07, 6.45) is 2.52. The number of aliphatic carboxylic acids is 1. The van der Waals surface area contributed by atoms with E-state index in [1.165, 1.54) is 6.08 Å². The van der Waals surface area contributed by atoms with Crippen molar-refractivity contribution in [3.63, 3.8) is 0 Å². The van der Waals surface area contributed by atoms with Crippen LogP contribution in [0.25, 0.3) is 6.08 Å². The lowest BCUT2D eigenvalue weighted by Crippen LogP contribution is -1.98. The van der Waals surface area contributed by atoms with Crippen molar-refractivity contribution in [3.05, 3.63) is 40.9 Å². The highest BCUT2D eigenvalue weighted by Gasteiger charge is 2.04. The van der Waals surface area contributed by atoms with Gasteiger partial charge in [-0.2, -0.15) is 0 Å². The summed E-state index contributed by atoms with van der Waals surface area (Å²) in [6.45, 7) is 3.96. The summed E-state index contributed by atoms with van der Waals surface area (Å²) >= 11 is 3.19. The molecular formula is C13H13BrO4. The highest BCUT2D eigenvalue weighted by Crippen LogP contribution is 2.26. The van der Waals surface area contributed by atoms with Crippen LogP contribution in [-0.2, 0) is 4.79 Å². The van der Waals surface area contributed by atoms with Crippen LogP contribution in [0, 0.1) is 0 Å². The van der Waals surface area contributed by atoms with Crippen LogP contribution in [0.2, 0.25) is 0 Å². The molecule has 0 amide bonds. The molecule has 1 N–H and O–H groups in total. The van der Waals surface area contributed by atoms with Gasteiger partial charge in [-0.25, -0.2) is 4.79 Å². The van der Waals surface area contributed by atoms with E-state index in [1.54, 1.807) is 25.3 Å². The number of hydrogen-bond donors (Lipinski definition) is 1. The summed E-state index contributed by atoms with van der Waals surface area (Å²) in [7, 11) is 1.55. The van der Waals surface area contributed by atoms with Crippen LogP contribution in [-0.4, -0.2) is 24.8 Å². The Balaban J connectivity index is 2.99. The van der Waals surface area contributed by atoms with Crippen LogP contribution in [0.3, 0.4) is 0 Å². The van der Waals surface area contributed by atoms with Gasteiger partial charge in [-0.3, -0.25) is 0 Å². The minimum absolute atomic E-state index is 0.293. The molecule has 18 heavy (non-hydrogen) atoms. The van der Waals surface area contributed by atoms with E-state index in [0.29, 0.717) is 28.2 Å². The van der Waals surface area contributed by atoms with Gasteiger partial charge >= 0.3 is 5.97 Å². The molecule has 0 unspecified atom stereocenters. The van der Waals surface area contributed by atoms with Crippen LogP contribution in [0.5, 0.6) is 11.5 Å². The molecular weight excluding hydrogens is 300 g/mol. The van der Waals surface area contributed by atoms with E-state index in [9.17, 15) is 4.79 Å². The van der Waals surface area contributed by atoms with Gasteiger partial charge in [0.2, 0.25) is 0 Å². The molecule has 0 aliphatic heterocycles. The van der Waals surface area contributed by atoms with E-state index in [4.69, 9.17) is 14.6 Å². The predicted molar refractivity (Wildman–Crippen MR) is 73.2 cm³/mol. The van der Waals surface area contributed by atoms with E-state index >= 15 is 0 Å². The molecule has 0 radical (unpaired) electrons. The maximum Gasteiger partial charge on any atom is 0.328 e. The first kappa shape index (κ1) is 14.3. The molecule has 1 aromatic rings. The van der Waals surface area contributed by atoms with Gasteiger partial charge < -0.3 is 14.6 Å². The smallest absolute Gasteiger partial charge is 0.328 e. The normalized spacial score (nSPS) is 10.3. The molecule has 5 heteroatoms. The van der Waals surface area contributed by atoms with Gasteiger partial charge in [-0.05, 0) is 18.2 Å². The minimum Gasteiger partial charge on any atom is -0.497 e. The Morgan fingerprint density at radius 1 is 1.56 bits per heavy atom. The molecule has 0 spiro atoms. The van der Waals surface area contributed by atoms with Crippen molar-refractivity contribution in [1.82, 2.24) is 0 Å². The van der Waals surface area contributed by atoms with Crippen LogP contribution < -0.4 is 9.47 Å². The molecule has 0 saturated carbocycles. The highest BCUT2D eigenvalue weighted by molar-refractivity contribution is 9.11. The van der Waals surface area contributed by atoms with Crippen molar-refractivity contribution in [2.75, 3.05) is 13.7 Å². The monoisotopic (exact) mass is 312 g/mol. The van der Waals surface area contributed by atoms with Gasteiger partial charge in [0, 0.05) is 22.2 Å². The highest BCUT2D eigenvalue weighted by atomic mass is 79.9. The Kier molecular flexibility index (Phi) is 5.45. The molecule has 96 valence electrons. The van der Waals surface area contributed by atoms with E-state index in [-0.39, 0.29) is 0 Å². The fourth-order valence-corrected chi connectivity index (χ4v) is 1.34. The van der Waals surface area contributed by atoms with Crippen molar-refractivity contribution < 1.29 is 19.4 Å². The number of rotatable bonds is 6. The van der Waals surface area contributed by atoms with Crippen LogP contribution in [0.15, 0.2) is 35.3 Å². The zero-order chi connectivity index (χ0) is 13.5. The third-order valence-corrected chi connectivity index (χ3v) is 2.24. The quantitative estimate of drug-likeness (QED) is 0.820. The van der Waals surface area contributed by atoms with Crippen molar-refractivity contribution >= 4 is 28.0 Å². The van der Waals surface area contributed by atoms with Crippen LogP contribution >= 0.6 is 15.9 Å². The third-order valence-electron chi connectivity index (χ3n) is 2.01. The number of carbonyl (C=O) groups is 1. The van der Waals surface area contributed by atoms with E-state index in [1.807, 2.05) is 0 Å². The molecule has 0 aliphatic rings. The summed E-state index contributed by atoms with van der Waals surface area (Å²) in [5, 5.41) is 8.61. The molecule has 4 nitrogen and oxygen atoms in total. The number of halogens is 1. The molecule has 0 heterocycles. The molecule has 0 fully saturated rings. The molecule has 0 saturated heterocycles. The van der Waals surface area contributed by atoms with Gasteiger partial charge in [0.25, 0.3) is 0 Å². The molecule has 0 atom stereocenters. The van der Waals surface area contributed by atoms with E-state index in [2.05, 4.69) is 22.5 Å². The maximum atomic E-state index is 10.5. The van der Waals surface area contributed by atoms with Gasteiger partial charge in [-0.15, -0.1) is 0 Å². The number of hydrogen-bond acceptors (Lipinski definition) is 3. The number of ether oxygens (including phenoxy) is 2. The molecule has 0 aromatic heterocycles. The number of carboxylic acid groups (broad SMARTS) is 1. The Bertz CT molecular complexity index is 480. The Hall–Kier alpha value is -1.75. The Morgan fingerprint density at radius 3 is 2.83 bits per heavy atom. The lowest BCUT2D eigenvalue weighted by atomic mass is 10.1. The molecule has 1 rings (SSSR count). The van der Waals surface area contributed by atoms with Crippen LogP contribution in [0.1, 0.15) is 5.56 Å². The van der Waals surface area contributed by atoms with Crippen LogP contribution in [0.4, 0.5) is 0 Å². The largest absolute Gasteiger partial charge is 0.497 e. The summed E-state index contributed by atoms with van der Waals surface area (Å²) in [5.41, 5.74) is 0.659. The molecule has 0 bridgehead atoms. The number of methoxy groups -OCH3 is 1. The topological polar surface area (TPSA) is 55.8 Å². The second kappa shape index (κ2) is 6.86. The maximum absolute atomic E-state index is 10.5. The van der Waals surface area contributed by atoms with Crippen molar-refractivity contribution in [2.45, 2.75) is 0 Å². The first-order chi connectivity index (χ1) is 8.52. The van der Waals surface area contributed by atoms with Gasteiger partial charge in [0.1, 0.15) is 18.1 Å². The summed E-state index contributed by atoms with van der Waals surface area (Å²) < 4.78 is 11.3. The predicted octanol–water partition coefficient (Wildman–Crippen LogP) is 3.08. The second-order valence-electron chi connectivity index (χ2n) is 3.38. The van der Waals surface area contributed by atoms with Crippen molar-refractivity contribution in [2.24, 2.45) is 0 Å². The van der Waals surface area contributed by atoms with Gasteiger partial charge in [0.05, 0.1) is 7.11 Å². The first-order valence-corrected chi connectivity index (χ1v) is 5.87. The fourth-order valence-electron chi connectivity index (χ4n) is 1.22. The fraction of sp³-hybridized carbons (Fsp3) is 0.154. The number of benzene rings is 1. The molecule has 0 aliphatic carbocycles. The van der Waals surface area contributed by atoms with Gasteiger partial charge in [-0.1, -0.05) is 22.5 Å². The lowest BCUT2D eigenvalue weighted by molar-refractivity contribution is -0.131. The zero-order valence-corrected chi connectivity index (χ0v) is 11.4. The SMILES string of the molecule is C=C(Br)COc1cc(OC)ccc1C=CC(=O)O. The van der Waals surface area contributed by atoms with E-state index < -0.39 is 5.97 Å². The minimum atomic E-state index is -1.01. The average molecular weight is 313 g/mol. The summed E-state index contributed by atoms with van der Waals surface area (Å²) in [4.78, 5) is 10.5. The summed E-state index contributed by atoms with van der Waals surface area (Å²) in [5.74, 6) is 0.159. The van der Waals surface area contributed by atoms with Crippen molar-refractivity contribution in [3.8, 4) is 11.5 Å². The average Bonchev–Trinajstić information content (AvgIpc) is 2.34. The Morgan fingerprint density at radius 2 is 2.28 bits per heavy atom. The van der Waals surface area contributed by atoms with E-state index in [0.717, 1.165) is 6.08 Å². The third kappa shape index (κ3) is 4.63. The van der Waals surface area contributed by atoms with Gasteiger partial charge in [0.15, 0.2) is 0 Å². The molecule has 1 aromatic carbocycles. The number of carboxylic acids is 1.